The molecule has 0 radical (unpaired) electrons. The number of hydrazine groups is 1. The van der Waals surface area contributed by atoms with E-state index in [4.69, 9.17) is 17.4 Å². The number of amides is 3. The first-order valence-corrected chi connectivity index (χ1v) is 11.4. The largest absolute Gasteiger partial charge is 0.310 e. The number of hydrogen-bond donors (Lipinski definition) is 2. The Hall–Kier alpha value is -4.03. The number of nitrogens with zero attached hydrogens (tertiary/aromatic N) is 3. The number of hydrogen-bond acceptors (Lipinski definition) is 6. The molecular weight excluding hydrogens is 478 g/mol. The van der Waals surface area contributed by atoms with Gasteiger partial charge in [-0.25, -0.2) is 15.8 Å². The normalized spacial score (nSPS) is 10.4. The molecule has 0 saturated heterocycles. The maximum absolute atomic E-state index is 13.0. The van der Waals surface area contributed by atoms with Gasteiger partial charge in [-0.1, -0.05) is 41.6 Å². The van der Waals surface area contributed by atoms with Crippen molar-refractivity contribution in [3.8, 4) is 11.8 Å². The van der Waals surface area contributed by atoms with Crippen molar-refractivity contribution in [2.24, 2.45) is 5.84 Å². The van der Waals surface area contributed by atoms with E-state index in [2.05, 4.69) is 22.1 Å². The number of carbonyl (C=O) groups excluding carboxylic acids is 3. The summed E-state index contributed by atoms with van der Waals surface area (Å²) in [5, 5.41) is 3.49. The van der Waals surface area contributed by atoms with Gasteiger partial charge in [0.25, 0.3) is 11.8 Å². The average molecular weight is 504 g/mol. The topological polar surface area (TPSA) is 109 Å². The summed E-state index contributed by atoms with van der Waals surface area (Å²) in [4.78, 5) is 43.6. The summed E-state index contributed by atoms with van der Waals surface area (Å²) in [5.74, 6) is 10.8. The fraction of sp³-hybridized carbons (Fsp3) is 0.185. The Morgan fingerprint density at radius 1 is 1.00 bits per heavy atom. The molecule has 0 bridgehead atoms. The Morgan fingerprint density at radius 2 is 1.75 bits per heavy atom. The number of benzene rings is 2. The second-order valence-corrected chi connectivity index (χ2v) is 8.82. The number of imide groups is 1. The molecule has 36 heavy (non-hydrogen) atoms. The maximum atomic E-state index is 13.0. The lowest BCUT2D eigenvalue weighted by Crippen LogP contribution is -2.43. The molecule has 0 aliphatic heterocycles. The van der Waals surface area contributed by atoms with Gasteiger partial charge in [-0.05, 0) is 69.4 Å². The third kappa shape index (κ3) is 6.55. The van der Waals surface area contributed by atoms with Crippen molar-refractivity contribution < 1.29 is 14.4 Å². The van der Waals surface area contributed by atoms with Crippen LogP contribution >= 0.6 is 11.6 Å². The molecule has 184 valence electrons. The Balaban J connectivity index is 1.78. The van der Waals surface area contributed by atoms with Crippen LogP contribution in [0, 0.1) is 25.7 Å². The highest BCUT2D eigenvalue weighted by atomic mass is 35.5. The van der Waals surface area contributed by atoms with Crippen LogP contribution in [0.3, 0.4) is 0 Å². The molecule has 0 atom stereocenters. The molecule has 1 aromatic heterocycles. The molecule has 9 heteroatoms. The lowest BCUT2D eigenvalue weighted by molar-refractivity contribution is -0.116. The highest BCUT2D eigenvalue weighted by Crippen LogP contribution is 2.21. The van der Waals surface area contributed by atoms with Gasteiger partial charge in [0.2, 0.25) is 5.91 Å². The van der Waals surface area contributed by atoms with Crippen molar-refractivity contribution in [2.75, 3.05) is 26.0 Å². The molecule has 8 nitrogen and oxygen atoms in total. The van der Waals surface area contributed by atoms with Crippen molar-refractivity contribution in [1.82, 2.24) is 14.9 Å². The number of pyridine rings is 1. The molecule has 3 amide bonds. The number of nitrogens with two attached hydrogens (primary N) is 1. The van der Waals surface area contributed by atoms with Crippen LogP contribution in [-0.4, -0.2) is 53.3 Å². The van der Waals surface area contributed by atoms with Crippen LogP contribution in [0.25, 0.3) is 0 Å². The zero-order chi connectivity index (χ0) is 26.4. The van der Waals surface area contributed by atoms with E-state index in [1.165, 1.54) is 0 Å². The zero-order valence-corrected chi connectivity index (χ0v) is 21.2. The number of aromatic nitrogens is 1. The van der Waals surface area contributed by atoms with E-state index >= 15 is 0 Å². The predicted octanol–water partition coefficient (Wildman–Crippen LogP) is 3.41. The molecule has 1 heterocycles. The van der Waals surface area contributed by atoms with Crippen LogP contribution in [0.1, 0.15) is 43.0 Å². The molecule has 3 N–H and O–H groups in total. The number of carbonyl (C=O) groups is 3. The third-order valence-electron chi connectivity index (χ3n) is 5.19. The van der Waals surface area contributed by atoms with Gasteiger partial charge in [0.05, 0.1) is 17.1 Å². The molecule has 2 aromatic carbocycles. The second-order valence-electron chi connectivity index (χ2n) is 8.41. The van der Waals surface area contributed by atoms with Gasteiger partial charge < -0.3 is 10.2 Å². The molecule has 0 aliphatic rings. The summed E-state index contributed by atoms with van der Waals surface area (Å²) in [6, 6.07) is 13.3. The van der Waals surface area contributed by atoms with Crippen molar-refractivity contribution >= 4 is 35.1 Å². The molecule has 3 aromatic rings. The minimum Gasteiger partial charge on any atom is -0.310 e. The first-order valence-electron chi connectivity index (χ1n) is 11.0. The molecule has 0 fully saturated rings. The Bertz CT molecular complexity index is 1350. The Kier molecular flexibility index (Phi) is 8.56. The molecule has 0 saturated carbocycles. The highest BCUT2D eigenvalue weighted by molar-refractivity contribution is 6.34. The molecule has 0 unspecified atom stereocenters. The summed E-state index contributed by atoms with van der Waals surface area (Å²) >= 11 is 6.16. The summed E-state index contributed by atoms with van der Waals surface area (Å²) < 4.78 is 0. The monoisotopic (exact) mass is 503 g/mol. The first-order chi connectivity index (χ1) is 17.1. The van der Waals surface area contributed by atoms with Gasteiger partial charge in [-0.2, -0.15) is 0 Å². The molecular formula is C27H26ClN5O3. The van der Waals surface area contributed by atoms with Crippen molar-refractivity contribution in [3.63, 3.8) is 0 Å². The third-order valence-corrected chi connectivity index (χ3v) is 5.51. The number of rotatable bonds is 5. The summed E-state index contributed by atoms with van der Waals surface area (Å²) in [6.45, 7) is 3.83. The standard InChI is InChI=1S/C27H26ClN5O3/c1-17-8-11-21(26(35)33(29)27(36)25-18(2)6-5-7-22(25)28)14-20(17)12-9-19-10-13-23(30-15-19)31-24(34)16-32(3)4/h5-8,10-11,13-15H,16,29H2,1-4H3,(H,30,31,34). The van der Waals surface area contributed by atoms with Gasteiger partial charge >= 0.3 is 0 Å². The van der Waals surface area contributed by atoms with E-state index in [1.807, 2.05) is 6.92 Å². The minimum absolute atomic E-state index is 0.166. The zero-order valence-electron chi connectivity index (χ0n) is 20.4. The number of anilines is 1. The fourth-order valence-electron chi connectivity index (χ4n) is 3.30. The van der Waals surface area contributed by atoms with Crippen LogP contribution in [0.4, 0.5) is 5.82 Å². The lowest BCUT2D eigenvalue weighted by atomic mass is 10.0. The van der Waals surface area contributed by atoms with Gasteiger partial charge in [-0.15, -0.1) is 0 Å². The van der Waals surface area contributed by atoms with E-state index in [0.29, 0.717) is 27.5 Å². The van der Waals surface area contributed by atoms with E-state index in [-0.39, 0.29) is 28.6 Å². The van der Waals surface area contributed by atoms with Crippen LogP contribution in [0.5, 0.6) is 0 Å². The van der Waals surface area contributed by atoms with Crippen LogP contribution in [0.15, 0.2) is 54.7 Å². The predicted molar refractivity (Wildman–Crippen MR) is 139 cm³/mol. The Morgan fingerprint density at radius 3 is 2.39 bits per heavy atom. The van der Waals surface area contributed by atoms with E-state index in [9.17, 15) is 14.4 Å². The minimum atomic E-state index is -0.694. The molecule has 0 aliphatic carbocycles. The fourth-order valence-corrected chi connectivity index (χ4v) is 3.60. The maximum Gasteiger partial charge on any atom is 0.276 e. The van der Waals surface area contributed by atoms with Crippen molar-refractivity contribution in [1.29, 1.82) is 0 Å². The number of likely N-dealkylation sites (N-methyl/N-ethyl adjacent to an activating group) is 1. The average Bonchev–Trinajstić information content (AvgIpc) is 2.82. The van der Waals surface area contributed by atoms with E-state index in [1.54, 1.807) is 80.6 Å². The van der Waals surface area contributed by atoms with Gasteiger partial charge in [0, 0.05) is 22.9 Å². The van der Waals surface area contributed by atoms with E-state index in [0.717, 1.165) is 5.56 Å². The molecule has 3 rings (SSSR count). The lowest BCUT2D eigenvalue weighted by Gasteiger charge is -2.17. The van der Waals surface area contributed by atoms with Gasteiger partial charge in [0.1, 0.15) is 5.82 Å². The number of halogens is 1. The van der Waals surface area contributed by atoms with Crippen LogP contribution < -0.4 is 11.2 Å². The SMILES string of the molecule is Cc1ccc(C(=O)N(N)C(=O)c2c(C)cccc2Cl)cc1C#Cc1ccc(NC(=O)CN(C)C)nc1. The number of nitrogens with one attached hydrogen (secondary N) is 1. The second kappa shape index (κ2) is 11.6. The first kappa shape index (κ1) is 26.6. The van der Waals surface area contributed by atoms with Crippen molar-refractivity contribution in [3.05, 3.63) is 93.1 Å². The molecule has 0 spiro atoms. The Labute approximate surface area is 215 Å². The summed E-state index contributed by atoms with van der Waals surface area (Å²) in [5.41, 5.74) is 3.07. The van der Waals surface area contributed by atoms with Crippen LogP contribution in [0.2, 0.25) is 5.02 Å². The highest BCUT2D eigenvalue weighted by Gasteiger charge is 2.24. The van der Waals surface area contributed by atoms with E-state index < -0.39 is 11.8 Å². The summed E-state index contributed by atoms with van der Waals surface area (Å²) in [7, 11) is 3.61. The number of aryl methyl sites for hydroxylation is 2. The van der Waals surface area contributed by atoms with Gasteiger partial charge in [0.15, 0.2) is 0 Å². The van der Waals surface area contributed by atoms with Crippen molar-refractivity contribution in [2.45, 2.75) is 13.8 Å². The van der Waals surface area contributed by atoms with Crippen LogP contribution in [-0.2, 0) is 4.79 Å². The smallest absolute Gasteiger partial charge is 0.276 e. The summed E-state index contributed by atoms with van der Waals surface area (Å²) in [6.07, 6.45) is 1.55. The van der Waals surface area contributed by atoms with Gasteiger partial charge in [-0.3, -0.25) is 14.4 Å². The quantitative estimate of drug-likeness (QED) is 0.181.